The van der Waals surface area contributed by atoms with Crippen molar-refractivity contribution in [2.45, 2.75) is 19.4 Å². The van der Waals surface area contributed by atoms with E-state index in [9.17, 15) is 13.2 Å². The molecule has 1 aliphatic heterocycles. The molecular formula is C12H20N4O3S. The molecule has 112 valence electrons. The molecule has 0 spiro atoms. The molecule has 20 heavy (non-hydrogen) atoms. The van der Waals surface area contributed by atoms with Gasteiger partial charge in [-0.05, 0) is 12.8 Å². The topological polar surface area (TPSA) is 86.4 Å². The van der Waals surface area contributed by atoms with Crippen molar-refractivity contribution in [3.8, 4) is 0 Å². The molecule has 1 amide bonds. The van der Waals surface area contributed by atoms with E-state index in [1.165, 1.54) is 10.6 Å². The lowest BCUT2D eigenvalue weighted by atomic mass is 9.97. The third-order valence-corrected chi connectivity index (χ3v) is 4.89. The molecule has 2 rings (SSSR count). The van der Waals surface area contributed by atoms with E-state index in [4.69, 9.17) is 0 Å². The average molecular weight is 300 g/mol. The highest BCUT2D eigenvalue weighted by Gasteiger charge is 2.30. The van der Waals surface area contributed by atoms with Crippen LogP contribution in [0.15, 0.2) is 12.4 Å². The SMILES string of the molecule is CN(Cc1ncc[nH]1)C(=O)C1CCN(S(C)(=O)=O)CC1. The maximum Gasteiger partial charge on any atom is 0.225 e. The lowest BCUT2D eigenvalue weighted by Crippen LogP contribution is -2.43. The van der Waals surface area contributed by atoms with E-state index >= 15 is 0 Å². The first-order chi connectivity index (χ1) is 9.38. The van der Waals surface area contributed by atoms with Gasteiger partial charge < -0.3 is 9.88 Å². The number of nitrogens with zero attached hydrogens (tertiary/aromatic N) is 3. The average Bonchev–Trinajstić information content (AvgIpc) is 2.90. The number of H-pyrrole nitrogens is 1. The molecule has 0 aromatic carbocycles. The number of carbonyl (C=O) groups is 1. The predicted octanol–water partition coefficient (Wildman–Crippen LogP) is 0.0397. The van der Waals surface area contributed by atoms with Gasteiger partial charge in [-0.3, -0.25) is 4.79 Å². The van der Waals surface area contributed by atoms with E-state index in [2.05, 4.69) is 9.97 Å². The van der Waals surface area contributed by atoms with Crippen LogP contribution >= 0.6 is 0 Å². The quantitative estimate of drug-likeness (QED) is 0.850. The van der Waals surface area contributed by atoms with Gasteiger partial charge in [0.15, 0.2) is 0 Å². The fourth-order valence-corrected chi connectivity index (χ4v) is 3.31. The van der Waals surface area contributed by atoms with Crippen LogP contribution in [0.1, 0.15) is 18.7 Å². The van der Waals surface area contributed by atoms with E-state index < -0.39 is 10.0 Å². The lowest BCUT2D eigenvalue weighted by Gasteiger charge is -2.31. The Labute approximate surface area is 119 Å². The van der Waals surface area contributed by atoms with Crippen molar-refractivity contribution in [3.63, 3.8) is 0 Å². The van der Waals surface area contributed by atoms with Gasteiger partial charge in [0.1, 0.15) is 5.82 Å². The van der Waals surface area contributed by atoms with Crippen molar-refractivity contribution in [1.82, 2.24) is 19.2 Å². The standard InChI is InChI=1S/C12H20N4O3S/c1-15(9-11-13-5-6-14-11)12(17)10-3-7-16(8-4-10)20(2,18)19/h5-6,10H,3-4,7-9H2,1-2H3,(H,13,14). The molecule has 0 aliphatic carbocycles. The summed E-state index contributed by atoms with van der Waals surface area (Å²) in [4.78, 5) is 21.0. The van der Waals surface area contributed by atoms with Crippen LogP contribution in [0.3, 0.4) is 0 Å². The van der Waals surface area contributed by atoms with Gasteiger partial charge in [0.2, 0.25) is 15.9 Å². The molecule has 7 nitrogen and oxygen atoms in total. The molecular weight excluding hydrogens is 280 g/mol. The first kappa shape index (κ1) is 15.0. The second kappa shape index (κ2) is 5.92. The van der Waals surface area contributed by atoms with Gasteiger partial charge in [0, 0.05) is 38.4 Å². The first-order valence-electron chi connectivity index (χ1n) is 6.56. The Morgan fingerprint density at radius 1 is 1.50 bits per heavy atom. The van der Waals surface area contributed by atoms with Crippen molar-refractivity contribution < 1.29 is 13.2 Å². The van der Waals surface area contributed by atoms with Gasteiger partial charge in [0.25, 0.3) is 0 Å². The molecule has 1 aromatic rings. The minimum absolute atomic E-state index is 0.0505. The number of amides is 1. The molecule has 0 atom stereocenters. The van der Waals surface area contributed by atoms with Crippen molar-refractivity contribution >= 4 is 15.9 Å². The van der Waals surface area contributed by atoms with Crippen molar-refractivity contribution in [3.05, 3.63) is 18.2 Å². The number of hydrogen-bond donors (Lipinski definition) is 1. The minimum Gasteiger partial charge on any atom is -0.347 e. The summed E-state index contributed by atoms with van der Waals surface area (Å²) in [5.74, 6) is 0.692. The summed E-state index contributed by atoms with van der Waals surface area (Å²) in [5.41, 5.74) is 0. The molecule has 0 radical (unpaired) electrons. The summed E-state index contributed by atoms with van der Waals surface area (Å²) in [6, 6.07) is 0. The van der Waals surface area contributed by atoms with E-state index in [0.717, 1.165) is 5.82 Å². The van der Waals surface area contributed by atoms with Gasteiger partial charge in [-0.1, -0.05) is 0 Å². The number of rotatable bonds is 4. The van der Waals surface area contributed by atoms with Gasteiger partial charge >= 0.3 is 0 Å². The molecule has 1 saturated heterocycles. The lowest BCUT2D eigenvalue weighted by molar-refractivity contribution is -0.136. The molecule has 8 heteroatoms. The maximum absolute atomic E-state index is 12.3. The van der Waals surface area contributed by atoms with Crippen molar-refractivity contribution in [2.24, 2.45) is 5.92 Å². The van der Waals surface area contributed by atoms with Crippen LogP contribution in [-0.4, -0.2) is 59.9 Å². The summed E-state index contributed by atoms with van der Waals surface area (Å²) in [6.07, 6.45) is 5.73. The third kappa shape index (κ3) is 3.57. The number of aromatic nitrogens is 2. The number of hydrogen-bond acceptors (Lipinski definition) is 4. The molecule has 0 saturated carbocycles. The first-order valence-corrected chi connectivity index (χ1v) is 8.41. The Balaban J connectivity index is 1.88. The summed E-state index contributed by atoms with van der Waals surface area (Å²) < 4.78 is 24.3. The van der Waals surface area contributed by atoms with Crippen LogP contribution in [0.25, 0.3) is 0 Å². The van der Waals surface area contributed by atoms with Gasteiger partial charge in [-0.15, -0.1) is 0 Å². The number of sulfonamides is 1. The fourth-order valence-electron chi connectivity index (χ4n) is 2.43. The smallest absolute Gasteiger partial charge is 0.225 e. The number of carbonyl (C=O) groups excluding carboxylic acids is 1. The number of nitrogens with one attached hydrogen (secondary N) is 1. The molecule has 0 unspecified atom stereocenters. The molecule has 1 fully saturated rings. The van der Waals surface area contributed by atoms with Gasteiger partial charge in [-0.2, -0.15) is 0 Å². The summed E-state index contributed by atoms with van der Waals surface area (Å²) in [5, 5.41) is 0. The van der Waals surface area contributed by atoms with Crippen LogP contribution in [0.4, 0.5) is 0 Å². The van der Waals surface area contributed by atoms with Crippen LogP contribution in [0.5, 0.6) is 0 Å². The van der Waals surface area contributed by atoms with E-state index in [0.29, 0.717) is 32.5 Å². The van der Waals surface area contributed by atoms with Crippen LogP contribution in [0.2, 0.25) is 0 Å². The second-order valence-corrected chi connectivity index (χ2v) is 7.15. The van der Waals surface area contributed by atoms with Crippen LogP contribution < -0.4 is 0 Å². The van der Waals surface area contributed by atoms with Crippen molar-refractivity contribution in [1.29, 1.82) is 0 Å². The number of piperidine rings is 1. The van der Waals surface area contributed by atoms with Gasteiger partial charge in [-0.25, -0.2) is 17.7 Å². The fraction of sp³-hybridized carbons (Fsp3) is 0.667. The minimum atomic E-state index is -3.14. The highest BCUT2D eigenvalue weighted by atomic mass is 32.2. The Morgan fingerprint density at radius 3 is 2.65 bits per heavy atom. The Bertz CT molecular complexity index is 547. The van der Waals surface area contributed by atoms with E-state index in [1.807, 2.05) is 0 Å². The zero-order valence-corrected chi connectivity index (χ0v) is 12.6. The Hall–Kier alpha value is -1.41. The summed E-state index contributed by atoms with van der Waals surface area (Å²) in [7, 11) is -1.40. The zero-order chi connectivity index (χ0) is 14.8. The van der Waals surface area contributed by atoms with Crippen molar-refractivity contribution in [2.75, 3.05) is 26.4 Å². The number of aromatic amines is 1. The summed E-state index contributed by atoms with van der Waals surface area (Å²) in [6.45, 7) is 1.28. The zero-order valence-electron chi connectivity index (χ0n) is 11.7. The van der Waals surface area contributed by atoms with Gasteiger partial charge in [0.05, 0.1) is 12.8 Å². The normalized spacial score (nSPS) is 18.1. The highest BCUT2D eigenvalue weighted by Crippen LogP contribution is 2.21. The van der Waals surface area contributed by atoms with E-state index in [-0.39, 0.29) is 11.8 Å². The Kier molecular flexibility index (Phi) is 4.44. The Morgan fingerprint density at radius 2 is 2.15 bits per heavy atom. The molecule has 1 aliphatic rings. The maximum atomic E-state index is 12.3. The predicted molar refractivity (Wildman–Crippen MR) is 74.2 cm³/mol. The van der Waals surface area contributed by atoms with Crippen LogP contribution in [0, 0.1) is 5.92 Å². The molecule has 1 N–H and O–H groups in total. The van der Waals surface area contributed by atoms with Crippen LogP contribution in [-0.2, 0) is 21.4 Å². The summed E-state index contributed by atoms with van der Waals surface area (Å²) >= 11 is 0. The number of imidazole rings is 1. The largest absolute Gasteiger partial charge is 0.347 e. The molecule has 2 heterocycles. The van der Waals surface area contributed by atoms with E-state index in [1.54, 1.807) is 24.3 Å². The monoisotopic (exact) mass is 300 g/mol. The molecule has 0 bridgehead atoms. The third-order valence-electron chi connectivity index (χ3n) is 3.59. The second-order valence-electron chi connectivity index (χ2n) is 5.17. The highest BCUT2D eigenvalue weighted by molar-refractivity contribution is 7.88. The molecule has 1 aromatic heterocycles.